The van der Waals surface area contributed by atoms with E-state index >= 15 is 0 Å². The highest BCUT2D eigenvalue weighted by molar-refractivity contribution is 7.16. The van der Waals surface area contributed by atoms with Gasteiger partial charge in [0.05, 0.1) is 12.3 Å². The van der Waals surface area contributed by atoms with Crippen molar-refractivity contribution in [3.05, 3.63) is 49.5 Å². The summed E-state index contributed by atoms with van der Waals surface area (Å²) in [6.45, 7) is 0.260. The molecule has 0 aliphatic carbocycles. The van der Waals surface area contributed by atoms with Crippen LogP contribution in [0.4, 0.5) is 0 Å². The molecule has 0 aliphatic heterocycles. The van der Waals surface area contributed by atoms with Crippen LogP contribution in [0.1, 0.15) is 20.4 Å². The first-order valence-corrected chi connectivity index (χ1v) is 7.95. The summed E-state index contributed by atoms with van der Waals surface area (Å²) >= 11 is 2.56. The molecule has 3 aromatic heterocycles. The molecule has 0 unspecified atom stereocenters. The van der Waals surface area contributed by atoms with Gasteiger partial charge >= 0.3 is 5.97 Å². The maximum atomic E-state index is 12.0. The van der Waals surface area contributed by atoms with Gasteiger partial charge < -0.3 is 9.47 Å². The number of thiophene rings is 1. The van der Waals surface area contributed by atoms with E-state index in [0.29, 0.717) is 27.1 Å². The fourth-order valence-corrected chi connectivity index (χ4v) is 3.26. The molecule has 0 saturated heterocycles. The predicted molar refractivity (Wildman–Crippen MR) is 81.3 cm³/mol. The average Bonchev–Trinajstić information content (AvgIpc) is 3.14. The summed E-state index contributed by atoms with van der Waals surface area (Å²) in [7, 11) is 1.55. The van der Waals surface area contributed by atoms with Crippen LogP contribution in [0.25, 0.3) is 4.96 Å². The number of methoxy groups -OCH3 is 1. The number of fused-ring (bicyclic) bond motifs is 1. The number of carbonyl (C=O) groups is 1. The van der Waals surface area contributed by atoms with Crippen LogP contribution in [0.15, 0.2) is 28.4 Å². The second-order valence-corrected chi connectivity index (χ2v) is 6.25. The van der Waals surface area contributed by atoms with Crippen molar-refractivity contribution in [2.75, 3.05) is 7.11 Å². The van der Waals surface area contributed by atoms with Crippen LogP contribution < -0.4 is 5.56 Å². The molecule has 3 rings (SSSR count). The summed E-state index contributed by atoms with van der Waals surface area (Å²) in [5.41, 5.74) is 0.0771. The minimum Gasteiger partial charge on any atom is -0.455 e. The molecule has 3 heterocycles. The van der Waals surface area contributed by atoms with Crippen LogP contribution in [0.3, 0.4) is 0 Å². The Morgan fingerprint density at radius 1 is 1.41 bits per heavy atom. The van der Waals surface area contributed by atoms with E-state index in [-0.39, 0.29) is 12.2 Å². The zero-order valence-electron chi connectivity index (χ0n) is 11.5. The van der Waals surface area contributed by atoms with Crippen molar-refractivity contribution in [1.82, 2.24) is 14.6 Å². The molecule has 0 saturated carbocycles. The van der Waals surface area contributed by atoms with Gasteiger partial charge in [0.25, 0.3) is 5.56 Å². The molecule has 7 nitrogen and oxygen atoms in total. The molecule has 9 heteroatoms. The highest BCUT2D eigenvalue weighted by Crippen LogP contribution is 2.14. The molecular formula is C13H11N3O4S2. The SMILES string of the molecule is COCc1nn2c(=O)cc(COC(=O)c3cccs3)nc2s1. The number of hydrogen-bond donors (Lipinski definition) is 0. The highest BCUT2D eigenvalue weighted by Gasteiger charge is 2.12. The number of ether oxygens (including phenoxy) is 2. The van der Waals surface area contributed by atoms with Crippen LogP contribution in [-0.2, 0) is 22.7 Å². The summed E-state index contributed by atoms with van der Waals surface area (Å²) in [4.78, 5) is 29.0. The van der Waals surface area contributed by atoms with E-state index in [2.05, 4.69) is 10.1 Å². The van der Waals surface area contributed by atoms with Crippen LogP contribution >= 0.6 is 22.7 Å². The smallest absolute Gasteiger partial charge is 0.348 e. The third-order valence-electron chi connectivity index (χ3n) is 2.68. The maximum Gasteiger partial charge on any atom is 0.348 e. The first kappa shape index (κ1) is 14.8. The molecule has 0 N–H and O–H groups in total. The molecule has 22 heavy (non-hydrogen) atoms. The van der Waals surface area contributed by atoms with Gasteiger partial charge in [0.1, 0.15) is 16.5 Å². The van der Waals surface area contributed by atoms with Crippen LogP contribution in [0, 0.1) is 0 Å². The van der Waals surface area contributed by atoms with E-state index in [9.17, 15) is 9.59 Å². The van der Waals surface area contributed by atoms with E-state index in [1.807, 2.05) is 0 Å². The van der Waals surface area contributed by atoms with E-state index in [1.165, 1.54) is 33.3 Å². The number of hydrogen-bond acceptors (Lipinski definition) is 8. The lowest BCUT2D eigenvalue weighted by Gasteiger charge is -2.02. The quantitative estimate of drug-likeness (QED) is 0.659. The van der Waals surface area contributed by atoms with Gasteiger partial charge in [-0.05, 0) is 11.4 Å². The number of rotatable bonds is 5. The molecule has 0 aliphatic rings. The first-order chi connectivity index (χ1) is 10.7. The van der Waals surface area contributed by atoms with E-state index < -0.39 is 5.97 Å². The van der Waals surface area contributed by atoms with Gasteiger partial charge in [-0.15, -0.1) is 11.3 Å². The lowest BCUT2D eigenvalue weighted by atomic mass is 10.4. The fraction of sp³-hybridized carbons (Fsp3) is 0.231. The summed E-state index contributed by atoms with van der Waals surface area (Å²) < 4.78 is 11.3. The Hall–Kier alpha value is -2.10. The first-order valence-electron chi connectivity index (χ1n) is 6.25. The summed E-state index contributed by atoms with van der Waals surface area (Å²) in [6, 6.07) is 4.76. The summed E-state index contributed by atoms with van der Waals surface area (Å²) in [5, 5.41) is 6.55. The van der Waals surface area contributed by atoms with Gasteiger partial charge in [0.2, 0.25) is 4.96 Å². The lowest BCUT2D eigenvalue weighted by molar-refractivity contribution is 0.0473. The van der Waals surface area contributed by atoms with Gasteiger partial charge in [-0.25, -0.2) is 9.78 Å². The molecule has 0 spiro atoms. The van der Waals surface area contributed by atoms with Crippen molar-refractivity contribution in [3.63, 3.8) is 0 Å². The third kappa shape index (κ3) is 3.06. The minimum absolute atomic E-state index is 0.0556. The lowest BCUT2D eigenvalue weighted by Crippen LogP contribution is -2.16. The summed E-state index contributed by atoms with van der Waals surface area (Å²) in [5.74, 6) is -0.429. The maximum absolute atomic E-state index is 12.0. The standard InChI is InChI=1S/C13H11N3O4S2/c1-19-7-10-15-16-11(17)5-8(14-13(16)22-10)6-20-12(18)9-3-2-4-21-9/h2-5H,6-7H2,1H3. The van der Waals surface area contributed by atoms with E-state index in [4.69, 9.17) is 9.47 Å². The zero-order chi connectivity index (χ0) is 15.5. The molecule has 0 radical (unpaired) electrons. The Morgan fingerprint density at radius 3 is 3.00 bits per heavy atom. The normalized spacial score (nSPS) is 11.0. The van der Waals surface area contributed by atoms with Crippen LogP contribution in [0.2, 0.25) is 0 Å². The van der Waals surface area contributed by atoms with E-state index in [0.717, 1.165) is 0 Å². The van der Waals surface area contributed by atoms with Gasteiger partial charge in [0.15, 0.2) is 0 Å². The molecule has 0 amide bonds. The van der Waals surface area contributed by atoms with Crippen molar-refractivity contribution in [2.45, 2.75) is 13.2 Å². The van der Waals surface area contributed by atoms with Gasteiger partial charge in [-0.3, -0.25) is 4.79 Å². The summed E-state index contributed by atoms with van der Waals surface area (Å²) in [6.07, 6.45) is 0. The van der Waals surface area contributed by atoms with Gasteiger partial charge in [0, 0.05) is 13.2 Å². The van der Waals surface area contributed by atoms with Crippen molar-refractivity contribution in [3.8, 4) is 0 Å². The Bertz CT molecular complexity index is 854. The van der Waals surface area contributed by atoms with Crippen molar-refractivity contribution in [2.24, 2.45) is 0 Å². The number of esters is 1. The molecule has 0 bridgehead atoms. The zero-order valence-corrected chi connectivity index (χ0v) is 13.1. The Labute approximate surface area is 132 Å². The second-order valence-electron chi connectivity index (χ2n) is 4.26. The molecule has 0 aromatic carbocycles. The van der Waals surface area contributed by atoms with E-state index in [1.54, 1.807) is 24.6 Å². The highest BCUT2D eigenvalue weighted by atomic mass is 32.1. The van der Waals surface area contributed by atoms with Crippen molar-refractivity contribution >= 4 is 33.6 Å². The predicted octanol–water partition coefficient (Wildman–Crippen LogP) is 1.72. The second kappa shape index (κ2) is 6.34. The molecule has 3 aromatic rings. The third-order valence-corrected chi connectivity index (χ3v) is 4.41. The fourth-order valence-electron chi connectivity index (χ4n) is 1.76. The Kier molecular flexibility index (Phi) is 4.27. The Morgan fingerprint density at radius 2 is 2.27 bits per heavy atom. The topological polar surface area (TPSA) is 82.8 Å². The van der Waals surface area contributed by atoms with Crippen LogP contribution in [0.5, 0.6) is 0 Å². The van der Waals surface area contributed by atoms with Gasteiger partial charge in [-0.1, -0.05) is 17.4 Å². The van der Waals surface area contributed by atoms with Crippen LogP contribution in [-0.4, -0.2) is 27.7 Å². The minimum atomic E-state index is -0.429. The number of nitrogens with zero attached hydrogens (tertiary/aromatic N) is 3. The van der Waals surface area contributed by atoms with Crippen molar-refractivity contribution in [1.29, 1.82) is 0 Å². The molecule has 114 valence electrons. The van der Waals surface area contributed by atoms with Crippen molar-refractivity contribution < 1.29 is 14.3 Å². The Balaban J connectivity index is 1.79. The molecule has 0 atom stereocenters. The number of aromatic nitrogens is 3. The molecule has 0 fully saturated rings. The largest absolute Gasteiger partial charge is 0.455 e. The average molecular weight is 337 g/mol. The number of carbonyl (C=O) groups excluding carboxylic acids is 1. The van der Waals surface area contributed by atoms with Gasteiger partial charge in [-0.2, -0.15) is 9.61 Å². The molecular weight excluding hydrogens is 326 g/mol. The monoisotopic (exact) mass is 337 g/mol.